The van der Waals surface area contributed by atoms with Gasteiger partial charge in [0, 0.05) is 17.3 Å². The first-order valence-corrected chi connectivity index (χ1v) is 4.37. The lowest BCUT2D eigenvalue weighted by atomic mass is 10.1. The van der Waals surface area contributed by atoms with Crippen LogP contribution < -0.4 is 11.5 Å². The van der Waals surface area contributed by atoms with Crippen molar-refractivity contribution in [3.8, 4) is 0 Å². The third-order valence-electron chi connectivity index (χ3n) is 2.16. The Morgan fingerprint density at radius 1 is 1.33 bits per heavy atom. The lowest BCUT2D eigenvalue weighted by Gasteiger charge is -2.11. The molecular formula is C9H11N5O. The van der Waals surface area contributed by atoms with Crippen LogP contribution >= 0.6 is 0 Å². The number of aromatic nitrogens is 3. The van der Waals surface area contributed by atoms with E-state index in [9.17, 15) is 5.11 Å². The maximum atomic E-state index is 9.98. The van der Waals surface area contributed by atoms with Crippen LogP contribution in [0.25, 0.3) is 0 Å². The monoisotopic (exact) mass is 205 g/mol. The predicted octanol–water partition coefficient (Wildman–Crippen LogP) is 0.0508. The van der Waals surface area contributed by atoms with Gasteiger partial charge in [0.15, 0.2) is 0 Å². The molecule has 0 radical (unpaired) electrons. The van der Waals surface area contributed by atoms with E-state index >= 15 is 0 Å². The second-order valence-corrected chi connectivity index (χ2v) is 3.12. The molecule has 1 atom stereocenters. The number of nitrogens with one attached hydrogen (secondary N) is 1. The molecule has 0 bridgehead atoms. The molecule has 2 heterocycles. The third-order valence-corrected chi connectivity index (χ3v) is 2.16. The minimum absolute atomic E-state index is 0.283. The van der Waals surface area contributed by atoms with E-state index in [0.29, 0.717) is 16.9 Å². The molecule has 6 nitrogen and oxygen atoms in total. The van der Waals surface area contributed by atoms with Crippen molar-refractivity contribution in [1.29, 1.82) is 0 Å². The quantitative estimate of drug-likeness (QED) is 0.553. The predicted molar refractivity (Wildman–Crippen MR) is 55.7 cm³/mol. The Labute approximate surface area is 85.9 Å². The number of pyridine rings is 1. The molecule has 0 aliphatic rings. The van der Waals surface area contributed by atoms with Gasteiger partial charge < -0.3 is 16.6 Å². The number of aliphatic hydroxyl groups is 1. The number of aromatic amines is 1. The minimum atomic E-state index is -0.905. The first-order valence-electron chi connectivity index (χ1n) is 4.37. The molecule has 0 spiro atoms. The summed E-state index contributed by atoms with van der Waals surface area (Å²) in [5.41, 5.74) is 12.2. The van der Waals surface area contributed by atoms with E-state index in [1.165, 1.54) is 6.20 Å². The number of hydrogen-bond acceptors (Lipinski definition) is 5. The smallest absolute Gasteiger partial charge is 0.129 e. The Kier molecular flexibility index (Phi) is 2.26. The highest BCUT2D eigenvalue weighted by atomic mass is 16.3. The van der Waals surface area contributed by atoms with Gasteiger partial charge in [-0.3, -0.25) is 5.10 Å². The van der Waals surface area contributed by atoms with Crippen molar-refractivity contribution in [3.05, 3.63) is 35.7 Å². The first kappa shape index (κ1) is 9.47. The summed E-state index contributed by atoms with van der Waals surface area (Å²) in [6.45, 7) is 0. The average Bonchev–Trinajstić information content (AvgIpc) is 2.64. The van der Waals surface area contributed by atoms with Crippen molar-refractivity contribution in [2.75, 3.05) is 11.5 Å². The lowest BCUT2D eigenvalue weighted by molar-refractivity contribution is 0.221. The van der Waals surface area contributed by atoms with Gasteiger partial charge in [-0.05, 0) is 6.07 Å². The number of nitrogens with two attached hydrogens (primary N) is 2. The van der Waals surface area contributed by atoms with Crippen LogP contribution in [0.4, 0.5) is 11.6 Å². The van der Waals surface area contributed by atoms with Crippen molar-refractivity contribution in [2.45, 2.75) is 6.10 Å². The van der Waals surface area contributed by atoms with Gasteiger partial charge in [-0.1, -0.05) is 6.07 Å². The van der Waals surface area contributed by atoms with Crippen LogP contribution in [0.15, 0.2) is 24.5 Å². The molecule has 2 aromatic heterocycles. The molecule has 0 saturated heterocycles. The Bertz CT molecular complexity index is 467. The van der Waals surface area contributed by atoms with Crippen LogP contribution in [0.2, 0.25) is 0 Å². The second kappa shape index (κ2) is 3.58. The van der Waals surface area contributed by atoms with Crippen LogP contribution in [0.5, 0.6) is 0 Å². The molecule has 2 aromatic rings. The number of nitrogen functional groups attached to an aromatic ring is 2. The maximum Gasteiger partial charge on any atom is 0.129 e. The molecule has 6 heteroatoms. The highest BCUT2D eigenvalue weighted by Crippen LogP contribution is 2.27. The number of hydrogen-bond donors (Lipinski definition) is 4. The second-order valence-electron chi connectivity index (χ2n) is 3.12. The molecule has 0 aliphatic carbocycles. The summed E-state index contributed by atoms with van der Waals surface area (Å²) in [6, 6.07) is 3.39. The number of rotatable bonds is 2. The normalized spacial score (nSPS) is 12.6. The van der Waals surface area contributed by atoms with E-state index in [2.05, 4.69) is 15.2 Å². The standard InChI is InChI=1S/C9H11N5O/c10-8-5(2-1-3-12-8)7(15)6-4-13-14-9(6)11/h1-4,7,15H,(H2,10,12)(H3,11,13,14). The van der Waals surface area contributed by atoms with Crippen LogP contribution in [0, 0.1) is 0 Å². The Hall–Kier alpha value is -2.08. The van der Waals surface area contributed by atoms with Gasteiger partial charge in [-0.15, -0.1) is 0 Å². The fourth-order valence-corrected chi connectivity index (χ4v) is 1.35. The summed E-state index contributed by atoms with van der Waals surface area (Å²) in [5.74, 6) is 0.608. The highest BCUT2D eigenvalue weighted by Gasteiger charge is 2.17. The molecule has 0 aliphatic heterocycles. The molecule has 0 amide bonds. The van der Waals surface area contributed by atoms with E-state index in [-0.39, 0.29) is 5.82 Å². The number of H-pyrrole nitrogens is 1. The van der Waals surface area contributed by atoms with Crippen LogP contribution in [0.3, 0.4) is 0 Å². The Morgan fingerprint density at radius 3 is 2.73 bits per heavy atom. The topological polar surface area (TPSA) is 114 Å². The van der Waals surface area contributed by atoms with Crippen LogP contribution in [-0.2, 0) is 0 Å². The third kappa shape index (κ3) is 1.62. The van der Waals surface area contributed by atoms with E-state index in [1.807, 2.05) is 0 Å². The van der Waals surface area contributed by atoms with Gasteiger partial charge in [0.05, 0.1) is 6.20 Å². The zero-order chi connectivity index (χ0) is 10.8. The molecular weight excluding hydrogens is 194 g/mol. The molecule has 15 heavy (non-hydrogen) atoms. The molecule has 0 fully saturated rings. The fourth-order valence-electron chi connectivity index (χ4n) is 1.35. The summed E-state index contributed by atoms with van der Waals surface area (Å²) in [4.78, 5) is 3.89. The van der Waals surface area contributed by atoms with E-state index in [4.69, 9.17) is 11.5 Å². The molecule has 0 saturated carbocycles. The summed E-state index contributed by atoms with van der Waals surface area (Å²) < 4.78 is 0. The lowest BCUT2D eigenvalue weighted by Crippen LogP contribution is -2.06. The van der Waals surface area contributed by atoms with E-state index in [0.717, 1.165) is 0 Å². The summed E-state index contributed by atoms with van der Waals surface area (Å²) >= 11 is 0. The van der Waals surface area contributed by atoms with Gasteiger partial charge in [0.2, 0.25) is 0 Å². The zero-order valence-corrected chi connectivity index (χ0v) is 7.88. The molecule has 0 aromatic carbocycles. The first-order chi connectivity index (χ1) is 7.20. The van der Waals surface area contributed by atoms with Crippen molar-refractivity contribution in [1.82, 2.24) is 15.2 Å². The largest absolute Gasteiger partial charge is 0.384 e. The van der Waals surface area contributed by atoms with Crippen molar-refractivity contribution < 1.29 is 5.11 Å². The van der Waals surface area contributed by atoms with Crippen molar-refractivity contribution in [2.24, 2.45) is 0 Å². The fraction of sp³-hybridized carbons (Fsp3) is 0.111. The number of nitrogens with zero attached hydrogens (tertiary/aromatic N) is 2. The van der Waals surface area contributed by atoms with Gasteiger partial charge in [-0.2, -0.15) is 5.10 Å². The molecule has 78 valence electrons. The van der Waals surface area contributed by atoms with Crippen molar-refractivity contribution >= 4 is 11.6 Å². The molecule has 1 unspecified atom stereocenters. The van der Waals surface area contributed by atoms with Gasteiger partial charge in [0.25, 0.3) is 0 Å². The SMILES string of the molecule is Nc1ncccc1C(O)c1cn[nH]c1N. The molecule has 6 N–H and O–H groups in total. The van der Waals surface area contributed by atoms with Crippen LogP contribution in [-0.4, -0.2) is 20.3 Å². The summed E-state index contributed by atoms with van der Waals surface area (Å²) in [6.07, 6.45) is 2.12. The van der Waals surface area contributed by atoms with Gasteiger partial charge in [0.1, 0.15) is 17.7 Å². The van der Waals surface area contributed by atoms with Gasteiger partial charge in [-0.25, -0.2) is 4.98 Å². The van der Waals surface area contributed by atoms with Crippen LogP contribution in [0.1, 0.15) is 17.2 Å². The minimum Gasteiger partial charge on any atom is -0.384 e. The number of aliphatic hydroxyl groups excluding tert-OH is 1. The summed E-state index contributed by atoms with van der Waals surface area (Å²) in [5, 5.41) is 16.3. The summed E-state index contributed by atoms with van der Waals surface area (Å²) in [7, 11) is 0. The average molecular weight is 205 g/mol. The Morgan fingerprint density at radius 2 is 2.13 bits per heavy atom. The zero-order valence-electron chi connectivity index (χ0n) is 7.88. The maximum absolute atomic E-state index is 9.98. The number of anilines is 2. The van der Waals surface area contributed by atoms with E-state index < -0.39 is 6.10 Å². The van der Waals surface area contributed by atoms with Crippen molar-refractivity contribution in [3.63, 3.8) is 0 Å². The highest BCUT2D eigenvalue weighted by molar-refractivity contribution is 5.49. The van der Waals surface area contributed by atoms with E-state index in [1.54, 1.807) is 18.3 Å². The Balaban J connectivity index is 2.41. The van der Waals surface area contributed by atoms with Gasteiger partial charge >= 0.3 is 0 Å². The molecule has 2 rings (SSSR count).